The van der Waals surface area contributed by atoms with Crippen LogP contribution in [0.25, 0.3) is 0 Å². The fraction of sp³-hybridized carbons (Fsp3) is 1.00. The summed E-state index contributed by atoms with van der Waals surface area (Å²) < 4.78 is 0. The summed E-state index contributed by atoms with van der Waals surface area (Å²) in [7, 11) is 0. The number of hydrogen-bond acceptors (Lipinski definition) is 2. The molecule has 18 heavy (non-hydrogen) atoms. The van der Waals surface area contributed by atoms with Crippen molar-refractivity contribution in [3.63, 3.8) is 0 Å². The summed E-state index contributed by atoms with van der Waals surface area (Å²) in [6.45, 7) is 16.0. The van der Waals surface area contributed by atoms with Crippen LogP contribution in [0.2, 0.25) is 0 Å². The van der Waals surface area contributed by atoms with Crippen molar-refractivity contribution in [1.82, 2.24) is 4.90 Å². The monoisotopic (exact) mass is 256 g/mol. The van der Waals surface area contributed by atoms with Crippen LogP contribution in [0, 0.1) is 17.8 Å². The third-order valence-electron chi connectivity index (χ3n) is 3.59. The molecule has 0 spiro atoms. The number of hydrogen-bond donors (Lipinski definition) is 1. The third-order valence-corrected chi connectivity index (χ3v) is 3.59. The first-order valence-corrected chi connectivity index (χ1v) is 7.91. The van der Waals surface area contributed by atoms with Gasteiger partial charge >= 0.3 is 0 Å². The van der Waals surface area contributed by atoms with Crippen molar-refractivity contribution in [2.75, 3.05) is 26.2 Å². The highest BCUT2D eigenvalue weighted by atomic mass is 15.1. The molecule has 0 aromatic rings. The van der Waals surface area contributed by atoms with Crippen LogP contribution in [0.4, 0.5) is 0 Å². The highest BCUT2D eigenvalue weighted by Gasteiger charge is 2.13. The van der Waals surface area contributed by atoms with E-state index in [4.69, 9.17) is 5.73 Å². The summed E-state index contributed by atoms with van der Waals surface area (Å²) in [6.07, 6.45) is 5.14. The second-order valence-corrected chi connectivity index (χ2v) is 6.56. The van der Waals surface area contributed by atoms with Crippen LogP contribution in [0.15, 0.2) is 0 Å². The molecule has 0 aromatic heterocycles. The lowest BCUT2D eigenvalue weighted by atomic mass is 10.0. The zero-order valence-corrected chi connectivity index (χ0v) is 13.4. The lowest BCUT2D eigenvalue weighted by Gasteiger charge is -2.28. The Bertz CT molecular complexity index is 166. The van der Waals surface area contributed by atoms with Crippen LogP contribution in [-0.2, 0) is 0 Å². The normalized spacial score (nSPS) is 13.8. The third kappa shape index (κ3) is 9.90. The summed E-state index contributed by atoms with van der Waals surface area (Å²) in [5, 5.41) is 0. The molecule has 0 radical (unpaired) electrons. The highest BCUT2D eigenvalue weighted by Crippen LogP contribution is 2.12. The quantitative estimate of drug-likeness (QED) is 0.610. The van der Waals surface area contributed by atoms with E-state index in [0.29, 0.717) is 5.92 Å². The van der Waals surface area contributed by atoms with E-state index in [1.165, 1.54) is 45.3 Å². The van der Waals surface area contributed by atoms with Gasteiger partial charge in [-0.15, -0.1) is 0 Å². The second kappa shape index (κ2) is 10.8. The Morgan fingerprint density at radius 2 is 1.39 bits per heavy atom. The predicted molar refractivity (Wildman–Crippen MR) is 82.8 cm³/mol. The first-order valence-electron chi connectivity index (χ1n) is 7.91. The van der Waals surface area contributed by atoms with E-state index in [2.05, 4.69) is 39.5 Å². The molecule has 2 nitrogen and oxygen atoms in total. The molecule has 2 heteroatoms. The second-order valence-electron chi connectivity index (χ2n) is 6.56. The molecule has 0 saturated heterocycles. The average molecular weight is 256 g/mol. The zero-order valence-electron chi connectivity index (χ0n) is 13.4. The van der Waals surface area contributed by atoms with Crippen molar-refractivity contribution in [3.05, 3.63) is 0 Å². The summed E-state index contributed by atoms with van der Waals surface area (Å²) in [5.74, 6) is 2.29. The van der Waals surface area contributed by atoms with Crippen molar-refractivity contribution in [3.8, 4) is 0 Å². The molecule has 0 heterocycles. The molecule has 0 aliphatic heterocycles. The minimum absolute atomic E-state index is 0.689. The number of nitrogens with zero attached hydrogens (tertiary/aromatic N) is 1. The molecule has 0 bridgehead atoms. The Hall–Kier alpha value is -0.0800. The molecule has 1 unspecified atom stereocenters. The maximum atomic E-state index is 5.89. The molecule has 110 valence electrons. The van der Waals surface area contributed by atoms with Crippen molar-refractivity contribution < 1.29 is 0 Å². The van der Waals surface area contributed by atoms with Gasteiger partial charge in [0.25, 0.3) is 0 Å². The minimum Gasteiger partial charge on any atom is -0.330 e. The van der Waals surface area contributed by atoms with Crippen molar-refractivity contribution >= 4 is 0 Å². The van der Waals surface area contributed by atoms with Crippen LogP contribution in [-0.4, -0.2) is 31.1 Å². The van der Waals surface area contributed by atoms with Crippen molar-refractivity contribution in [2.24, 2.45) is 23.5 Å². The van der Waals surface area contributed by atoms with Crippen LogP contribution >= 0.6 is 0 Å². The Labute approximate surface area is 115 Å². The smallest absolute Gasteiger partial charge is 0.00217 e. The van der Waals surface area contributed by atoms with Gasteiger partial charge in [0, 0.05) is 6.54 Å². The van der Waals surface area contributed by atoms with E-state index in [-0.39, 0.29) is 0 Å². The van der Waals surface area contributed by atoms with Gasteiger partial charge in [0.15, 0.2) is 0 Å². The summed E-state index contributed by atoms with van der Waals surface area (Å²) in [4.78, 5) is 2.65. The van der Waals surface area contributed by atoms with E-state index in [0.717, 1.165) is 18.4 Å². The molecule has 0 aromatic carbocycles. The van der Waals surface area contributed by atoms with Gasteiger partial charge in [0.2, 0.25) is 0 Å². The Kier molecular flexibility index (Phi) is 10.8. The maximum Gasteiger partial charge on any atom is 0.00217 e. The lowest BCUT2D eigenvalue weighted by molar-refractivity contribution is 0.205. The van der Waals surface area contributed by atoms with Crippen LogP contribution in [0.1, 0.15) is 60.3 Å². The average Bonchev–Trinajstić information content (AvgIpc) is 2.31. The first-order chi connectivity index (χ1) is 8.49. The van der Waals surface area contributed by atoms with Gasteiger partial charge < -0.3 is 10.6 Å². The standard InChI is InChI=1S/C16H36N2/c1-6-7-16(12-17)13-18(10-8-14(2)3)11-9-15(4)5/h14-16H,6-13,17H2,1-5H3. The van der Waals surface area contributed by atoms with Gasteiger partial charge in [0.05, 0.1) is 0 Å². The van der Waals surface area contributed by atoms with E-state index in [9.17, 15) is 0 Å². The van der Waals surface area contributed by atoms with E-state index in [1.807, 2.05) is 0 Å². The lowest BCUT2D eigenvalue weighted by Crippen LogP contribution is -2.35. The topological polar surface area (TPSA) is 29.3 Å². The van der Waals surface area contributed by atoms with Gasteiger partial charge in [-0.3, -0.25) is 0 Å². The molecule has 0 amide bonds. The molecular weight excluding hydrogens is 220 g/mol. The van der Waals surface area contributed by atoms with E-state index < -0.39 is 0 Å². The summed E-state index contributed by atoms with van der Waals surface area (Å²) >= 11 is 0. The van der Waals surface area contributed by atoms with Gasteiger partial charge in [-0.05, 0) is 56.7 Å². The maximum absolute atomic E-state index is 5.89. The minimum atomic E-state index is 0.689. The predicted octanol–water partition coefficient (Wildman–Crippen LogP) is 3.76. The fourth-order valence-electron chi connectivity index (χ4n) is 2.23. The first kappa shape index (κ1) is 17.9. The van der Waals surface area contributed by atoms with E-state index >= 15 is 0 Å². The molecular formula is C16H36N2. The Morgan fingerprint density at radius 1 is 0.889 bits per heavy atom. The molecule has 0 aliphatic rings. The molecule has 0 aliphatic carbocycles. The van der Waals surface area contributed by atoms with Crippen LogP contribution in [0.5, 0.6) is 0 Å². The van der Waals surface area contributed by atoms with Crippen LogP contribution in [0.3, 0.4) is 0 Å². The fourth-order valence-corrected chi connectivity index (χ4v) is 2.23. The SMILES string of the molecule is CCCC(CN)CN(CCC(C)C)CCC(C)C. The molecule has 2 N–H and O–H groups in total. The largest absolute Gasteiger partial charge is 0.330 e. The molecule has 0 fully saturated rings. The summed E-state index contributed by atoms with van der Waals surface area (Å²) in [6, 6.07) is 0. The van der Waals surface area contributed by atoms with Crippen molar-refractivity contribution in [2.45, 2.75) is 60.3 Å². The highest BCUT2D eigenvalue weighted by molar-refractivity contribution is 4.68. The van der Waals surface area contributed by atoms with Gasteiger partial charge in [-0.1, -0.05) is 41.0 Å². The number of rotatable bonds is 11. The summed E-state index contributed by atoms with van der Waals surface area (Å²) in [5.41, 5.74) is 5.89. The molecule has 0 rings (SSSR count). The van der Waals surface area contributed by atoms with E-state index in [1.54, 1.807) is 0 Å². The Balaban J connectivity index is 4.16. The molecule has 1 atom stereocenters. The van der Waals surface area contributed by atoms with Crippen LogP contribution < -0.4 is 5.73 Å². The molecule has 0 saturated carbocycles. The van der Waals surface area contributed by atoms with Gasteiger partial charge in [-0.25, -0.2) is 0 Å². The van der Waals surface area contributed by atoms with Gasteiger partial charge in [0.1, 0.15) is 0 Å². The Morgan fingerprint density at radius 3 is 1.72 bits per heavy atom. The van der Waals surface area contributed by atoms with Gasteiger partial charge in [-0.2, -0.15) is 0 Å². The number of nitrogens with two attached hydrogens (primary N) is 1. The zero-order chi connectivity index (χ0) is 14.0. The van der Waals surface area contributed by atoms with Crippen molar-refractivity contribution in [1.29, 1.82) is 0 Å².